The van der Waals surface area contributed by atoms with E-state index in [-0.39, 0.29) is 24.4 Å². The van der Waals surface area contributed by atoms with Crippen molar-refractivity contribution in [3.8, 4) is 5.75 Å². The molecule has 31 heavy (non-hydrogen) atoms. The Morgan fingerprint density at radius 3 is 2.61 bits per heavy atom. The Kier molecular flexibility index (Phi) is 5.79. The van der Waals surface area contributed by atoms with E-state index >= 15 is 0 Å². The molecule has 1 N–H and O–H groups in total. The van der Waals surface area contributed by atoms with Crippen LogP contribution in [0.15, 0.2) is 42.6 Å². The molecule has 0 fully saturated rings. The van der Waals surface area contributed by atoms with E-state index in [9.17, 15) is 9.18 Å². The van der Waals surface area contributed by atoms with E-state index in [0.29, 0.717) is 17.8 Å². The van der Waals surface area contributed by atoms with Gasteiger partial charge in [-0.25, -0.2) is 14.4 Å². The lowest BCUT2D eigenvalue weighted by molar-refractivity contribution is -0.117. The first-order chi connectivity index (χ1) is 14.9. The Morgan fingerprint density at radius 2 is 1.90 bits per heavy atom. The number of anilines is 2. The minimum absolute atomic E-state index is 0.0491. The van der Waals surface area contributed by atoms with Gasteiger partial charge >= 0.3 is 0 Å². The van der Waals surface area contributed by atoms with Crippen LogP contribution in [0.1, 0.15) is 29.7 Å². The van der Waals surface area contributed by atoms with E-state index in [1.807, 2.05) is 50.1 Å². The van der Waals surface area contributed by atoms with E-state index in [0.717, 1.165) is 35.1 Å². The topological polar surface area (TPSA) is 80.2 Å². The summed E-state index contributed by atoms with van der Waals surface area (Å²) in [6, 6.07) is 10.5. The zero-order chi connectivity index (χ0) is 22.0. The predicted octanol–water partition coefficient (Wildman–Crippen LogP) is 3.46. The number of hydrogen-bond donors (Lipinski definition) is 1. The van der Waals surface area contributed by atoms with Gasteiger partial charge in [-0.05, 0) is 50.1 Å². The number of carbonyl (C=O) groups is 1. The molecule has 1 aromatic carbocycles. The fraction of sp³-hybridized carbons (Fsp3) is 0.304. The van der Waals surface area contributed by atoms with Gasteiger partial charge in [0, 0.05) is 13.5 Å². The lowest BCUT2D eigenvalue weighted by Crippen LogP contribution is -2.45. The average Bonchev–Trinajstić information content (AvgIpc) is 2.77. The van der Waals surface area contributed by atoms with Crippen molar-refractivity contribution in [2.24, 2.45) is 0 Å². The summed E-state index contributed by atoms with van der Waals surface area (Å²) in [7, 11) is 1.87. The molecule has 4 rings (SSSR count). The van der Waals surface area contributed by atoms with E-state index < -0.39 is 0 Å². The fourth-order valence-electron chi connectivity index (χ4n) is 3.37. The lowest BCUT2D eigenvalue weighted by atomic mass is 10.1. The molecule has 1 atom stereocenters. The molecule has 0 aliphatic carbocycles. The van der Waals surface area contributed by atoms with Crippen molar-refractivity contribution < 1.29 is 13.9 Å². The number of ether oxygens (including phenoxy) is 1. The third kappa shape index (κ3) is 4.63. The van der Waals surface area contributed by atoms with Crippen molar-refractivity contribution in [1.82, 2.24) is 15.0 Å². The van der Waals surface area contributed by atoms with Crippen LogP contribution in [0, 0.1) is 12.7 Å². The highest BCUT2D eigenvalue weighted by molar-refractivity contribution is 6.02. The predicted molar refractivity (Wildman–Crippen MR) is 116 cm³/mol. The monoisotopic (exact) mass is 421 g/mol. The number of nitrogens with zero attached hydrogens (tertiary/aromatic N) is 4. The van der Waals surface area contributed by atoms with Gasteiger partial charge in [-0.15, -0.1) is 0 Å². The summed E-state index contributed by atoms with van der Waals surface area (Å²) in [5.41, 5.74) is 3.26. The number of pyridine rings is 1. The zero-order valence-corrected chi connectivity index (χ0v) is 17.7. The van der Waals surface area contributed by atoms with Crippen LogP contribution in [-0.4, -0.2) is 33.9 Å². The van der Waals surface area contributed by atoms with Gasteiger partial charge in [0.25, 0.3) is 0 Å². The smallest absolute Gasteiger partial charge is 0.246 e. The quantitative estimate of drug-likeness (QED) is 0.657. The first-order valence-electron chi connectivity index (χ1n) is 10.1. The van der Waals surface area contributed by atoms with Crippen LogP contribution >= 0.6 is 0 Å². The molecule has 0 saturated carbocycles. The molecule has 3 aromatic rings. The first-order valence-corrected chi connectivity index (χ1v) is 10.1. The minimum atomic E-state index is -0.364. The molecule has 160 valence electrons. The number of nitrogens with one attached hydrogen (secondary N) is 1. The number of carbonyl (C=O) groups excluding carboxylic acids is 1. The molecule has 3 heterocycles. The Balaban J connectivity index is 1.38. The maximum atomic E-state index is 12.9. The highest BCUT2D eigenvalue weighted by Gasteiger charge is 2.30. The highest BCUT2D eigenvalue weighted by atomic mass is 19.1. The van der Waals surface area contributed by atoms with Crippen LogP contribution in [-0.2, 0) is 24.2 Å². The van der Waals surface area contributed by atoms with Crippen molar-refractivity contribution in [2.75, 3.05) is 17.3 Å². The third-order valence-corrected chi connectivity index (χ3v) is 5.40. The molecule has 2 aromatic heterocycles. The van der Waals surface area contributed by atoms with Crippen LogP contribution in [0.3, 0.4) is 0 Å². The summed E-state index contributed by atoms with van der Waals surface area (Å²) in [5.74, 6) is 1.81. The second-order valence-electron chi connectivity index (χ2n) is 7.60. The Labute approximate surface area is 180 Å². The van der Waals surface area contributed by atoms with Gasteiger partial charge in [-0.2, -0.15) is 0 Å². The minimum Gasteiger partial charge on any atom is -0.487 e. The van der Waals surface area contributed by atoms with Crippen LogP contribution in [0.5, 0.6) is 5.75 Å². The number of halogens is 1. The van der Waals surface area contributed by atoms with Gasteiger partial charge < -0.3 is 15.0 Å². The molecule has 1 aliphatic heterocycles. The number of fused-ring (bicyclic) bond motifs is 1. The third-order valence-electron chi connectivity index (χ3n) is 5.40. The van der Waals surface area contributed by atoms with Crippen LogP contribution < -0.4 is 15.0 Å². The second-order valence-corrected chi connectivity index (χ2v) is 7.60. The largest absolute Gasteiger partial charge is 0.487 e. The second kappa shape index (κ2) is 8.67. The number of aromatic nitrogens is 3. The standard InChI is InChI=1S/C23H24FN5O2/c1-14-21-22(29(3)15(2)23(30)28-21)27-20(26-14)11-6-16-4-9-19(10-5-16)31-13-18-8-7-17(24)12-25-18/h4-5,7-10,12,15H,6,11,13H2,1-3H3,(H,28,30)/t15-/m0/s1. The Bertz CT molecular complexity index is 1090. The Morgan fingerprint density at radius 1 is 1.13 bits per heavy atom. The molecule has 7 nitrogen and oxygen atoms in total. The van der Waals surface area contributed by atoms with Crippen molar-refractivity contribution in [3.63, 3.8) is 0 Å². The van der Waals surface area contributed by atoms with Crippen molar-refractivity contribution in [3.05, 3.63) is 71.2 Å². The fourth-order valence-corrected chi connectivity index (χ4v) is 3.37. The molecule has 1 aliphatic rings. The average molecular weight is 421 g/mol. The van der Waals surface area contributed by atoms with Gasteiger partial charge in [-0.1, -0.05) is 12.1 Å². The molecule has 0 saturated heterocycles. The van der Waals surface area contributed by atoms with E-state index in [1.165, 1.54) is 12.3 Å². The molecule has 0 spiro atoms. The normalized spacial score (nSPS) is 15.4. The van der Waals surface area contributed by atoms with E-state index in [4.69, 9.17) is 4.74 Å². The van der Waals surface area contributed by atoms with E-state index in [2.05, 4.69) is 20.3 Å². The van der Waals surface area contributed by atoms with E-state index in [1.54, 1.807) is 6.07 Å². The summed E-state index contributed by atoms with van der Waals surface area (Å²) in [5, 5.41) is 2.90. The van der Waals surface area contributed by atoms with Crippen LogP contribution in [0.25, 0.3) is 0 Å². The molecule has 1 amide bonds. The SMILES string of the molecule is Cc1nc(CCc2ccc(OCc3ccc(F)cn3)cc2)nc2c1NC(=O)[C@H](C)N2C. The highest BCUT2D eigenvalue weighted by Crippen LogP contribution is 2.31. The number of benzene rings is 1. The molecule has 8 heteroatoms. The number of aryl methyl sites for hydroxylation is 3. The summed E-state index contributed by atoms with van der Waals surface area (Å²) in [6.45, 7) is 4.02. The number of rotatable bonds is 6. The summed E-state index contributed by atoms with van der Waals surface area (Å²) >= 11 is 0. The molecular weight excluding hydrogens is 397 g/mol. The first kappa shape index (κ1) is 20.7. The van der Waals surface area contributed by atoms with Gasteiger partial charge in [-0.3, -0.25) is 9.78 Å². The maximum Gasteiger partial charge on any atom is 0.246 e. The summed E-state index contributed by atoms with van der Waals surface area (Å²) in [6.07, 6.45) is 2.65. The van der Waals surface area contributed by atoms with Crippen molar-refractivity contribution in [2.45, 2.75) is 39.3 Å². The molecule has 0 radical (unpaired) electrons. The summed E-state index contributed by atoms with van der Waals surface area (Å²) < 4.78 is 18.6. The molecular formula is C23H24FN5O2. The molecule has 0 bridgehead atoms. The molecule has 0 unspecified atom stereocenters. The zero-order valence-electron chi connectivity index (χ0n) is 17.7. The van der Waals surface area contributed by atoms with Crippen molar-refractivity contribution in [1.29, 1.82) is 0 Å². The number of likely N-dealkylation sites (N-methyl/N-ethyl adjacent to an activating group) is 1. The lowest BCUT2D eigenvalue weighted by Gasteiger charge is -2.32. The summed E-state index contributed by atoms with van der Waals surface area (Å²) in [4.78, 5) is 27.2. The maximum absolute atomic E-state index is 12.9. The van der Waals surface area contributed by atoms with Gasteiger partial charge in [0.05, 0.1) is 17.6 Å². The van der Waals surface area contributed by atoms with Gasteiger partial charge in [0.15, 0.2) is 5.82 Å². The number of hydrogen-bond acceptors (Lipinski definition) is 6. The van der Waals surface area contributed by atoms with Gasteiger partial charge in [0.1, 0.15) is 35.7 Å². The Hall–Kier alpha value is -3.55. The van der Waals surface area contributed by atoms with Crippen molar-refractivity contribution >= 4 is 17.4 Å². The van der Waals surface area contributed by atoms with Crippen LogP contribution in [0.4, 0.5) is 15.9 Å². The van der Waals surface area contributed by atoms with Crippen LogP contribution in [0.2, 0.25) is 0 Å². The number of amides is 1. The van der Waals surface area contributed by atoms with Gasteiger partial charge in [0.2, 0.25) is 5.91 Å².